The Balaban J connectivity index is 3.92. The zero-order chi connectivity index (χ0) is 17.5. The zero-order valence-electron chi connectivity index (χ0n) is 13.6. The number of nitro benzene ring substituents is 1. The van der Waals surface area contributed by atoms with E-state index in [2.05, 4.69) is 4.74 Å². The number of carbonyl (C=O) groups is 1. The Kier molecular flexibility index (Phi) is 4.41. The maximum Gasteiger partial charge on any atom is 0.511 e. The van der Waals surface area contributed by atoms with Crippen LogP contribution in [-0.4, -0.2) is 21.3 Å². The quantitative estimate of drug-likeness (QED) is 0.370. The van der Waals surface area contributed by atoms with Crippen molar-refractivity contribution < 1.29 is 24.7 Å². The van der Waals surface area contributed by atoms with Gasteiger partial charge in [0.25, 0.3) is 5.75 Å². The first-order valence-corrected chi connectivity index (χ1v) is 6.73. The number of nitrogens with zero attached hydrogens (tertiary/aromatic N) is 1. The van der Waals surface area contributed by atoms with Crippen molar-refractivity contribution in [3.63, 3.8) is 0 Å². The van der Waals surface area contributed by atoms with Crippen molar-refractivity contribution in [2.45, 2.75) is 52.4 Å². The van der Waals surface area contributed by atoms with E-state index in [4.69, 9.17) is 5.11 Å². The van der Waals surface area contributed by atoms with Crippen LogP contribution in [0.5, 0.6) is 11.5 Å². The predicted octanol–water partition coefficient (Wildman–Crippen LogP) is 3.95. The van der Waals surface area contributed by atoms with Crippen LogP contribution >= 0.6 is 0 Å². The van der Waals surface area contributed by atoms with Crippen LogP contribution in [0.3, 0.4) is 0 Å². The minimum Gasteiger partial charge on any atom is -0.504 e. The Morgan fingerprint density at radius 3 is 1.91 bits per heavy atom. The van der Waals surface area contributed by atoms with Crippen LogP contribution in [0.1, 0.15) is 52.7 Å². The highest BCUT2D eigenvalue weighted by Gasteiger charge is 2.36. The number of benzene rings is 1. The molecule has 1 aromatic carbocycles. The zero-order valence-corrected chi connectivity index (χ0v) is 13.6. The predicted molar refractivity (Wildman–Crippen MR) is 80.8 cm³/mol. The molecule has 0 radical (unpaired) electrons. The van der Waals surface area contributed by atoms with Gasteiger partial charge in [0.15, 0.2) is 5.75 Å². The highest BCUT2D eigenvalue weighted by atomic mass is 16.7. The van der Waals surface area contributed by atoms with Crippen molar-refractivity contribution in [2.75, 3.05) is 0 Å². The van der Waals surface area contributed by atoms with Crippen molar-refractivity contribution in [2.24, 2.45) is 0 Å². The summed E-state index contributed by atoms with van der Waals surface area (Å²) >= 11 is 0. The molecule has 0 bridgehead atoms. The van der Waals surface area contributed by atoms with Gasteiger partial charge in [0.05, 0.1) is 4.92 Å². The number of rotatable bonds is 2. The second-order valence-electron chi connectivity index (χ2n) is 7.12. The average molecular weight is 311 g/mol. The summed E-state index contributed by atoms with van der Waals surface area (Å²) in [6, 6.07) is 1.54. The molecule has 0 aliphatic rings. The van der Waals surface area contributed by atoms with Crippen LogP contribution < -0.4 is 4.74 Å². The summed E-state index contributed by atoms with van der Waals surface area (Å²) in [4.78, 5) is 21.5. The average Bonchev–Trinajstić information content (AvgIpc) is 2.26. The van der Waals surface area contributed by atoms with Gasteiger partial charge in [-0.2, -0.15) is 0 Å². The Morgan fingerprint density at radius 2 is 1.59 bits per heavy atom. The minimum absolute atomic E-state index is 0.302. The van der Waals surface area contributed by atoms with Crippen LogP contribution in [0.4, 0.5) is 10.5 Å². The molecule has 0 spiro atoms. The summed E-state index contributed by atoms with van der Waals surface area (Å²) in [6.45, 7) is 10.7. The Labute approximate surface area is 128 Å². The normalized spacial score (nSPS) is 12.1. The lowest BCUT2D eigenvalue weighted by molar-refractivity contribution is -0.386. The number of aromatic hydroxyl groups is 1. The van der Waals surface area contributed by atoms with E-state index in [0.29, 0.717) is 11.1 Å². The molecular weight excluding hydrogens is 290 g/mol. The first kappa shape index (κ1) is 17.7. The molecule has 0 saturated carbocycles. The topological polar surface area (TPSA) is 110 Å². The smallest absolute Gasteiger partial charge is 0.504 e. The van der Waals surface area contributed by atoms with Gasteiger partial charge in [-0.1, -0.05) is 41.5 Å². The number of phenolic OH excluding ortho intramolecular Hbond substituents is 1. The van der Waals surface area contributed by atoms with Gasteiger partial charge < -0.3 is 14.9 Å². The molecule has 0 aromatic heterocycles. The van der Waals surface area contributed by atoms with Crippen LogP contribution in [-0.2, 0) is 10.8 Å². The number of carboxylic acid groups (broad SMARTS) is 1. The van der Waals surface area contributed by atoms with Crippen molar-refractivity contribution >= 4 is 11.8 Å². The highest BCUT2D eigenvalue weighted by molar-refractivity contribution is 5.72. The molecule has 0 aliphatic heterocycles. The number of hydrogen-bond donors (Lipinski definition) is 2. The van der Waals surface area contributed by atoms with E-state index in [1.807, 2.05) is 20.8 Å². The fraction of sp³-hybridized carbons (Fsp3) is 0.533. The van der Waals surface area contributed by atoms with E-state index in [1.54, 1.807) is 26.8 Å². The van der Waals surface area contributed by atoms with E-state index in [-0.39, 0.29) is 0 Å². The van der Waals surface area contributed by atoms with Crippen LogP contribution in [0.15, 0.2) is 6.07 Å². The van der Waals surface area contributed by atoms with Crippen LogP contribution in [0.25, 0.3) is 0 Å². The fourth-order valence-corrected chi connectivity index (χ4v) is 2.15. The van der Waals surface area contributed by atoms with Crippen LogP contribution in [0, 0.1) is 10.1 Å². The summed E-state index contributed by atoms with van der Waals surface area (Å²) in [7, 11) is 0. The monoisotopic (exact) mass is 311 g/mol. The lowest BCUT2D eigenvalue weighted by Gasteiger charge is -2.26. The van der Waals surface area contributed by atoms with E-state index in [9.17, 15) is 20.0 Å². The molecule has 0 atom stereocenters. The third-order valence-electron chi connectivity index (χ3n) is 3.22. The maximum absolute atomic E-state index is 11.4. The minimum atomic E-state index is -1.72. The summed E-state index contributed by atoms with van der Waals surface area (Å²) in [5, 5.41) is 30.5. The van der Waals surface area contributed by atoms with E-state index in [0.717, 1.165) is 0 Å². The maximum atomic E-state index is 11.4. The van der Waals surface area contributed by atoms with Gasteiger partial charge in [-0.25, -0.2) is 4.79 Å². The molecule has 0 unspecified atom stereocenters. The second kappa shape index (κ2) is 5.47. The SMILES string of the molecule is CC(C)(C)c1cc(C(C)(C)C)c([N+](=O)[O-])c(OC(=O)O)c1O. The Hall–Kier alpha value is -2.31. The van der Waals surface area contributed by atoms with Gasteiger partial charge in [0.1, 0.15) is 0 Å². The first-order valence-electron chi connectivity index (χ1n) is 6.73. The van der Waals surface area contributed by atoms with Gasteiger partial charge in [-0.05, 0) is 16.9 Å². The van der Waals surface area contributed by atoms with Crippen molar-refractivity contribution in [1.29, 1.82) is 0 Å². The van der Waals surface area contributed by atoms with Crippen molar-refractivity contribution in [1.82, 2.24) is 0 Å². The fourth-order valence-electron chi connectivity index (χ4n) is 2.15. The van der Waals surface area contributed by atoms with E-state index in [1.165, 1.54) is 0 Å². The number of hydrogen-bond acceptors (Lipinski definition) is 5. The molecule has 122 valence electrons. The first-order chi connectivity index (χ1) is 9.76. The Bertz CT molecular complexity index is 622. The van der Waals surface area contributed by atoms with Crippen molar-refractivity contribution in [3.05, 3.63) is 27.3 Å². The number of ether oxygens (including phenoxy) is 1. The summed E-state index contributed by atoms with van der Waals surface area (Å²) in [6.07, 6.45) is -1.72. The van der Waals surface area contributed by atoms with Gasteiger partial charge in [0.2, 0.25) is 0 Å². The molecule has 22 heavy (non-hydrogen) atoms. The van der Waals surface area contributed by atoms with Gasteiger partial charge in [0, 0.05) is 11.1 Å². The molecule has 1 rings (SSSR count). The van der Waals surface area contributed by atoms with Crippen LogP contribution in [0.2, 0.25) is 0 Å². The standard InChI is InChI=1S/C15H21NO6/c1-14(2,3)8-7-9(15(4,5)6)11(17)12(22-13(18)19)10(8)16(20)21/h7,17H,1-6H3,(H,18,19). The van der Waals surface area contributed by atoms with Gasteiger partial charge >= 0.3 is 11.8 Å². The molecule has 7 nitrogen and oxygen atoms in total. The van der Waals surface area contributed by atoms with E-state index >= 15 is 0 Å². The second-order valence-corrected chi connectivity index (χ2v) is 7.12. The van der Waals surface area contributed by atoms with E-state index < -0.39 is 39.1 Å². The molecule has 2 N–H and O–H groups in total. The lowest BCUT2D eigenvalue weighted by atomic mass is 9.79. The van der Waals surface area contributed by atoms with Crippen molar-refractivity contribution in [3.8, 4) is 11.5 Å². The summed E-state index contributed by atoms with van der Waals surface area (Å²) in [5.41, 5.74) is -1.01. The molecule has 0 saturated heterocycles. The highest BCUT2D eigenvalue weighted by Crippen LogP contribution is 2.48. The van der Waals surface area contributed by atoms with Gasteiger partial charge in [-0.15, -0.1) is 0 Å². The molecule has 0 amide bonds. The lowest BCUT2D eigenvalue weighted by Crippen LogP contribution is -2.20. The Morgan fingerprint density at radius 1 is 1.14 bits per heavy atom. The third kappa shape index (κ3) is 3.47. The largest absolute Gasteiger partial charge is 0.511 e. The molecule has 1 aromatic rings. The molecule has 0 aliphatic carbocycles. The van der Waals surface area contributed by atoms with Gasteiger partial charge in [-0.3, -0.25) is 10.1 Å². The molecular formula is C15H21NO6. The molecule has 0 heterocycles. The molecule has 0 fully saturated rings. The number of phenols is 1. The number of nitro groups is 1. The summed E-state index contributed by atoms with van der Waals surface area (Å²) < 4.78 is 4.53. The third-order valence-corrected chi connectivity index (χ3v) is 3.22. The summed E-state index contributed by atoms with van der Waals surface area (Å²) in [5.74, 6) is -1.15. The molecule has 7 heteroatoms.